The Morgan fingerprint density at radius 2 is 2.46 bits per heavy atom. The van der Waals surface area contributed by atoms with Crippen molar-refractivity contribution in [1.29, 1.82) is 0 Å². The number of rotatable bonds is 2. The molecule has 1 saturated carbocycles. The van der Waals surface area contributed by atoms with Crippen LogP contribution in [0.2, 0.25) is 0 Å². The highest BCUT2D eigenvalue weighted by Gasteiger charge is 2.29. The maximum absolute atomic E-state index is 5.78. The lowest BCUT2D eigenvalue weighted by Crippen LogP contribution is -2.03. The van der Waals surface area contributed by atoms with Crippen molar-refractivity contribution in [3.05, 3.63) is 17.8 Å². The average molecular weight is 200 g/mol. The van der Waals surface area contributed by atoms with E-state index in [2.05, 4.69) is 11.9 Å². The van der Waals surface area contributed by atoms with Gasteiger partial charge < -0.3 is 4.42 Å². The molecule has 1 heterocycles. The van der Waals surface area contributed by atoms with Crippen molar-refractivity contribution in [2.24, 2.45) is 5.92 Å². The van der Waals surface area contributed by atoms with Crippen molar-refractivity contribution in [3.63, 3.8) is 0 Å². The van der Waals surface area contributed by atoms with Crippen LogP contribution in [0.4, 0.5) is 0 Å². The first-order chi connectivity index (χ1) is 6.33. The first-order valence-corrected chi connectivity index (χ1v) is 5.34. The Kier molecular flexibility index (Phi) is 2.58. The van der Waals surface area contributed by atoms with Gasteiger partial charge in [-0.2, -0.15) is 0 Å². The molecule has 0 bridgehead atoms. The zero-order valence-corrected chi connectivity index (χ0v) is 8.55. The molecule has 0 spiro atoms. The SMILES string of the molecule is CC1CCCC1c1ocnc1CCl. The fourth-order valence-corrected chi connectivity index (χ4v) is 2.42. The van der Waals surface area contributed by atoms with Crippen LogP contribution >= 0.6 is 11.6 Å². The zero-order valence-electron chi connectivity index (χ0n) is 7.79. The van der Waals surface area contributed by atoms with Crippen LogP contribution in [0.15, 0.2) is 10.8 Å². The Balaban J connectivity index is 2.23. The highest BCUT2D eigenvalue weighted by Crippen LogP contribution is 2.40. The van der Waals surface area contributed by atoms with E-state index in [1.807, 2.05) is 0 Å². The summed E-state index contributed by atoms with van der Waals surface area (Å²) in [5, 5.41) is 0. The van der Waals surface area contributed by atoms with Gasteiger partial charge in [0.05, 0.1) is 11.6 Å². The molecule has 2 nitrogen and oxygen atoms in total. The van der Waals surface area contributed by atoms with E-state index in [4.69, 9.17) is 16.0 Å². The van der Waals surface area contributed by atoms with Crippen LogP contribution in [0.3, 0.4) is 0 Å². The lowest BCUT2D eigenvalue weighted by atomic mass is 9.94. The molecule has 1 aliphatic carbocycles. The van der Waals surface area contributed by atoms with E-state index in [0.717, 1.165) is 17.4 Å². The molecule has 0 aliphatic heterocycles. The minimum atomic E-state index is 0.467. The molecule has 2 atom stereocenters. The number of hydrogen-bond acceptors (Lipinski definition) is 2. The minimum absolute atomic E-state index is 0.467. The smallest absolute Gasteiger partial charge is 0.181 e. The lowest BCUT2D eigenvalue weighted by Gasteiger charge is -2.12. The van der Waals surface area contributed by atoms with Gasteiger partial charge in [0.1, 0.15) is 5.76 Å². The summed E-state index contributed by atoms with van der Waals surface area (Å²) in [5.41, 5.74) is 0.931. The van der Waals surface area contributed by atoms with Gasteiger partial charge in [-0.1, -0.05) is 13.3 Å². The Bertz CT molecular complexity index is 284. The molecule has 72 valence electrons. The molecule has 2 unspecified atom stereocenters. The summed E-state index contributed by atoms with van der Waals surface area (Å²) in [4.78, 5) is 4.12. The van der Waals surface area contributed by atoms with Crippen molar-refractivity contribution in [1.82, 2.24) is 4.98 Å². The third kappa shape index (κ3) is 1.60. The largest absolute Gasteiger partial charge is 0.448 e. The van der Waals surface area contributed by atoms with Crippen molar-refractivity contribution in [2.45, 2.75) is 38.0 Å². The Morgan fingerprint density at radius 1 is 1.62 bits per heavy atom. The van der Waals surface area contributed by atoms with Crippen molar-refractivity contribution < 1.29 is 4.42 Å². The fourth-order valence-electron chi connectivity index (χ4n) is 2.22. The molecule has 0 saturated heterocycles. The van der Waals surface area contributed by atoms with Gasteiger partial charge >= 0.3 is 0 Å². The maximum Gasteiger partial charge on any atom is 0.181 e. The van der Waals surface area contributed by atoms with E-state index < -0.39 is 0 Å². The molecular formula is C10H14ClNO. The maximum atomic E-state index is 5.78. The van der Waals surface area contributed by atoms with Crippen molar-refractivity contribution >= 4 is 11.6 Å². The minimum Gasteiger partial charge on any atom is -0.448 e. The third-order valence-electron chi connectivity index (χ3n) is 3.00. The van der Waals surface area contributed by atoms with Crippen LogP contribution in [-0.4, -0.2) is 4.98 Å². The average Bonchev–Trinajstić information content (AvgIpc) is 2.71. The number of halogens is 1. The number of oxazole rings is 1. The normalized spacial score (nSPS) is 28.2. The predicted molar refractivity (Wildman–Crippen MR) is 51.8 cm³/mol. The molecule has 1 aromatic rings. The van der Waals surface area contributed by atoms with Crippen LogP contribution in [-0.2, 0) is 5.88 Å². The molecule has 2 rings (SSSR count). The summed E-state index contributed by atoms with van der Waals surface area (Å²) >= 11 is 5.78. The Morgan fingerprint density at radius 3 is 3.08 bits per heavy atom. The van der Waals surface area contributed by atoms with Gasteiger partial charge in [0.15, 0.2) is 6.39 Å². The molecule has 13 heavy (non-hydrogen) atoms. The molecule has 3 heteroatoms. The van der Waals surface area contributed by atoms with Crippen LogP contribution < -0.4 is 0 Å². The second-order valence-electron chi connectivity index (χ2n) is 3.81. The summed E-state index contributed by atoms with van der Waals surface area (Å²) in [6, 6.07) is 0. The van der Waals surface area contributed by atoms with E-state index in [1.165, 1.54) is 25.7 Å². The van der Waals surface area contributed by atoms with Gasteiger partial charge in [-0.05, 0) is 18.8 Å². The van der Waals surface area contributed by atoms with Crippen molar-refractivity contribution in [3.8, 4) is 0 Å². The van der Waals surface area contributed by atoms with Crippen LogP contribution in [0, 0.1) is 5.92 Å². The van der Waals surface area contributed by atoms with Gasteiger partial charge in [0.25, 0.3) is 0 Å². The molecular weight excluding hydrogens is 186 g/mol. The number of nitrogens with zero attached hydrogens (tertiary/aromatic N) is 1. The molecule has 0 aromatic carbocycles. The second-order valence-corrected chi connectivity index (χ2v) is 4.08. The van der Waals surface area contributed by atoms with Crippen LogP contribution in [0.5, 0.6) is 0 Å². The van der Waals surface area contributed by atoms with E-state index in [9.17, 15) is 0 Å². The van der Waals surface area contributed by atoms with E-state index >= 15 is 0 Å². The number of alkyl halides is 1. The van der Waals surface area contributed by atoms with E-state index in [0.29, 0.717) is 11.8 Å². The summed E-state index contributed by atoms with van der Waals surface area (Å²) in [7, 11) is 0. The second kappa shape index (κ2) is 3.70. The zero-order chi connectivity index (χ0) is 9.26. The molecule has 0 amide bonds. The summed E-state index contributed by atoms with van der Waals surface area (Å²) in [6.45, 7) is 2.28. The van der Waals surface area contributed by atoms with Crippen LogP contribution in [0.1, 0.15) is 43.6 Å². The standard InChI is InChI=1S/C10H14ClNO/c1-7-3-2-4-8(7)10-9(5-11)12-6-13-10/h6-8H,2-5H2,1H3. The van der Waals surface area contributed by atoms with E-state index in [-0.39, 0.29) is 0 Å². The van der Waals surface area contributed by atoms with Gasteiger partial charge in [-0.15, -0.1) is 11.6 Å². The Labute approximate surface area is 83.3 Å². The highest BCUT2D eigenvalue weighted by atomic mass is 35.5. The van der Waals surface area contributed by atoms with Gasteiger partial charge in [0.2, 0.25) is 0 Å². The van der Waals surface area contributed by atoms with Crippen LogP contribution in [0.25, 0.3) is 0 Å². The van der Waals surface area contributed by atoms with E-state index in [1.54, 1.807) is 0 Å². The predicted octanol–water partition coefficient (Wildman–Crippen LogP) is 3.32. The van der Waals surface area contributed by atoms with Gasteiger partial charge in [-0.3, -0.25) is 0 Å². The lowest BCUT2D eigenvalue weighted by molar-refractivity contribution is 0.410. The van der Waals surface area contributed by atoms with Gasteiger partial charge in [-0.25, -0.2) is 4.98 Å². The molecule has 1 aromatic heterocycles. The summed E-state index contributed by atoms with van der Waals surface area (Å²) < 4.78 is 5.41. The highest BCUT2D eigenvalue weighted by molar-refractivity contribution is 6.16. The quantitative estimate of drug-likeness (QED) is 0.683. The molecule has 1 fully saturated rings. The Hall–Kier alpha value is -0.500. The number of aromatic nitrogens is 1. The third-order valence-corrected chi connectivity index (χ3v) is 3.25. The van der Waals surface area contributed by atoms with Gasteiger partial charge in [0, 0.05) is 5.92 Å². The first-order valence-electron chi connectivity index (χ1n) is 4.81. The number of hydrogen-bond donors (Lipinski definition) is 0. The molecule has 0 N–H and O–H groups in total. The topological polar surface area (TPSA) is 26.0 Å². The molecule has 0 radical (unpaired) electrons. The molecule has 1 aliphatic rings. The summed E-state index contributed by atoms with van der Waals surface area (Å²) in [6.07, 6.45) is 5.33. The van der Waals surface area contributed by atoms with Crippen molar-refractivity contribution in [2.75, 3.05) is 0 Å². The fraction of sp³-hybridized carbons (Fsp3) is 0.700. The first kappa shape index (κ1) is 9.07. The monoisotopic (exact) mass is 199 g/mol. The summed E-state index contributed by atoms with van der Waals surface area (Å²) in [5.74, 6) is 2.76.